The molecule has 150 valence electrons. The van der Waals surface area contributed by atoms with Crippen molar-refractivity contribution in [3.05, 3.63) is 29.8 Å². The fraction of sp³-hybridized carbons (Fsp3) is 0.619. The number of rotatable bonds is 10. The van der Waals surface area contributed by atoms with E-state index in [0.717, 1.165) is 37.9 Å². The maximum absolute atomic E-state index is 13.1. The van der Waals surface area contributed by atoms with Crippen LogP contribution in [-0.4, -0.2) is 47.2 Å². The van der Waals surface area contributed by atoms with Gasteiger partial charge in [-0.1, -0.05) is 33.6 Å². The van der Waals surface area contributed by atoms with Gasteiger partial charge in [0, 0.05) is 11.3 Å². The van der Waals surface area contributed by atoms with Gasteiger partial charge in [-0.25, -0.2) is 4.79 Å². The number of hydrogen-bond acceptors (Lipinski definition) is 5. The van der Waals surface area contributed by atoms with Crippen molar-refractivity contribution in [1.82, 2.24) is 4.90 Å². The van der Waals surface area contributed by atoms with E-state index >= 15 is 0 Å². The first-order valence-corrected chi connectivity index (χ1v) is 11.0. The molecule has 1 amide bonds. The van der Waals surface area contributed by atoms with Gasteiger partial charge in [-0.2, -0.15) is 0 Å². The molecule has 0 spiro atoms. The summed E-state index contributed by atoms with van der Waals surface area (Å²) in [7, 11) is 0. The molecule has 0 aromatic heterocycles. The van der Waals surface area contributed by atoms with Gasteiger partial charge in [-0.05, 0) is 43.5 Å². The Morgan fingerprint density at radius 3 is 2.37 bits per heavy atom. The van der Waals surface area contributed by atoms with Crippen LogP contribution in [0, 0.1) is 0 Å². The lowest BCUT2D eigenvalue weighted by Crippen LogP contribution is -2.46. The van der Waals surface area contributed by atoms with Crippen molar-refractivity contribution in [2.24, 2.45) is 0 Å². The van der Waals surface area contributed by atoms with Crippen LogP contribution in [0.5, 0.6) is 5.75 Å². The number of carbonyl (C=O) groups is 2. The SMILES string of the molecule is CCCCOC(=O)C1CSC(CC)N1C(=O)c1ccc(OCCCC)cc1. The summed E-state index contributed by atoms with van der Waals surface area (Å²) in [5.74, 6) is 0.940. The number of hydrogen-bond donors (Lipinski definition) is 0. The Labute approximate surface area is 166 Å². The van der Waals surface area contributed by atoms with Crippen molar-refractivity contribution < 1.29 is 19.1 Å². The molecule has 27 heavy (non-hydrogen) atoms. The quantitative estimate of drug-likeness (QED) is 0.433. The minimum atomic E-state index is -0.509. The van der Waals surface area contributed by atoms with Crippen LogP contribution in [0.3, 0.4) is 0 Å². The third kappa shape index (κ3) is 5.89. The number of ether oxygens (including phenoxy) is 2. The fourth-order valence-electron chi connectivity index (χ4n) is 2.92. The highest BCUT2D eigenvalue weighted by atomic mass is 32.2. The van der Waals surface area contributed by atoms with Crippen LogP contribution in [0.25, 0.3) is 0 Å². The molecule has 0 aliphatic carbocycles. The molecule has 2 atom stereocenters. The molecular formula is C21H31NO4S. The van der Waals surface area contributed by atoms with Crippen LogP contribution in [-0.2, 0) is 9.53 Å². The van der Waals surface area contributed by atoms with Crippen LogP contribution in [0.15, 0.2) is 24.3 Å². The van der Waals surface area contributed by atoms with Crippen molar-refractivity contribution >= 4 is 23.6 Å². The summed E-state index contributed by atoms with van der Waals surface area (Å²) in [5.41, 5.74) is 0.574. The lowest BCUT2D eigenvalue weighted by molar-refractivity contribution is -0.148. The van der Waals surface area contributed by atoms with Gasteiger partial charge in [-0.15, -0.1) is 11.8 Å². The molecule has 0 saturated carbocycles. The highest BCUT2D eigenvalue weighted by Crippen LogP contribution is 2.33. The molecule has 1 heterocycles. The maximum Gasteiger partial charge on any atom is 0.329 e. The van der Waals surface area contributed by atoms with E-state index in [1.807, 2.05) is 19.1 Å². The van der Waals surface area contributed by atoms with Crippen molar-refractivity contribution in [2.45, 2.75) is 64.3 Å². The second-order valence-corrected chi connectivity index (χ2v) is 7.88. The standard InChI is InChI=1S/C21H31NO4S/c1-4-7-13-25-17-11-9-16(10-12-17)20(23)22-18(15-27-19(22)6-3)21(24)26-14-8-5-2/h9-12,18-19H,4-8,13-15H2,1-3H3. The third-order valence-electron chi connectivity index (χ3n) is 4.56. The van der Waals surface area contributed by atoms with Gasteiger partial charge in [0.25, 0.3) is 5.91 Å². The lowest BCUT2D eigenvalue weighted by Gasteiger charge is -2.28. The first-order valence-electron chi connectivity index (χ1n) is 9.96. The average molecular weight is 394 g/mol. The minimum absolute atomic E-state index is 0.00158. The normalized spacial score (nSPS) is 19.1. The second kappa shape index (κ2) is 11.2. The number of carbonyl (C=O) groups excluding carboxylic acids is 2. The van der Waals surface area contributed by atoms with Gasteiger partial charge in [0.2, 0.25) is 0 Å². The summed E-state index contributed by atoms with van der Waals surface area (Å²) in [6.07, 6.45) is 4.70. The van der Waals surface area contributed by atoms with Gasteiger partial charge in [-0.3, -0.25) is 4.79 Å². The van der Waals surface area contributed by atoms with E-state index in [1.54, 1.807) is 28.8 Å². The van der Waals surface area contributed by atoms with Gasteiger partial charge < -0.3 is 14.4 Å². The summed E-state index contributed by atoms with van der Waals surface area (Å²) in [6.45, 7) is 7.30. The molecule has 1 aliphatic rings. The Morgan fingerprint density at radius 1 is 1.07 bits per heavy atom. The van der Waals surface area contributed by atoms with E-state index in [-0.39, 0.29) is 17.3 Å². The van der Waals surface area contributed by atoms with E-state index in [0.29, 0.717) is 24.5 Å². The van der Waals surface area contributed by atoms with E-state index in [2.05, 4.69) is 13.8 Å². The smallest absolute Gasteiger partial charge is 0.329 e. The lowest BCUT2D eigenvalue weighted by atomic mass is 10.1. The first kappa shape index (κ1) is 21.6. The Balaban J connectivity index is 2.06. The Hall–Kier alpha value is -1.69. The number of amides is 1. The molecule has 6 heteroatoms. The Bertz CT molecular complexity index is 605. The topological polar surface area (TPSA) is 55.8 Å². The van der Waals surface area contributed by atoms with Crippen LogP contribution in [0.4, 0.5) is 0 Å². The molecule has 0 radical (unpaired) electrons. The van der Waals surface area contributed by atoms with Crippen molar-refractivity contribution in [2.75, 3.05) is 19.0 Å². The van der Waals surface area contributed by atoms with E-state index in [4.69, 9.17) is 9.47 Å². The molecule has 0 bridgehead atoms. The fourth-order valence-corrected chi connectivity index (χ4v) is 4.26. The summed E-state index contributed by atoms with van der Waals surface area (Å²) in [6, 6.07) is 6.69. The largest absolute Gasteiger partial charge is 0.494 e. The summed E-state index contributed by atoms with van der Waals surface area (Å²) < 4.78 is 11.0. The van der Waals surface area contributed by atoms with Crippen LogP contribution < -0.4 is 4.74 Å². The summed E-state index contributed by atoms with van der Waals surface area (Å²) in [5, 5.41) is 0.00158. The number of benzene rings is 1. The van der Waals surface area contributed by atoms with Crippen LogP contribution >= 0.6 is 11.8 Å². The molecule has 1 aromatic rings. The van der Waals surface area contributed by atoms with E-state index in [1.165, 1.54) is 0 Å². The third-order valence-corrected chi connectivity index (χ3v) is 6.01. The van der Waals surface area contributed by atoms with Gasteiger partial charge in [0.15, 0.2) is 0 Å². The highest BCUT2D eigenvalue weighted by molar-refractivity contribution is 8.00. The molecule has 1 fully saturated rings. The zero-order valence-corrected chi connectivity index (χ0v) is 17.4. The van der Waals surface area contributed by atoms with Crippen molar-refractivity contribution in [3.63, 3.8) is 0 Å². The number of nitrogens with zero attached hydrogens (tertiary/aromatic N) is 1. The molecule has 2 unspecified atom stereocenters. The number of esters is 1. The van der Waals surface area contributed by atoms with Gasteiger partial charge in [0.1, 0.15) is 11.8 Å². The molecule has 5 nitrogen and oxygen atoms in total. The number of unbranched alkanes of at least 4 members (excludes halogenated alkanes) is 2. The predicted octanol–water partition coefficient (Wildman–Crippen LogP) is 4.50. The van der Waals surface area contributed by atoms with E-state index < -0.39 is 6.04 Å². The number of thioether (sulfide) groups is 1. The maximum atomic E-state index is 13.1. The molecule has 0 N–H and O–H groups in total. The molecule has 2 rings (SSSR count). The Kier molecular flexibility index (Phi) is 8.98. The molecule has 1 aliphatic heterocycles. The first-order chi connectivity index (χ1) is 13.1. The average Bonchev–Trinajstić information content (AvgIpc) is 3.12. The predicted molar refractivity (Wildman–Crippen MR) is 109 cm³/mol. The summed E-state index contributed by atoms with van der Waals surface area (Å²) >= 11 is 1.65. The highest BCUT2D eigenvalue weighted by Gasteiger charge is 2.41. The van der Waals surface area contributed by atoms with Crippen LogP contribution in [0.1, 0.15) is 63.2 Å². The summed E-state index contributed by atoms with van der Waals surface area (Å²) in [4.78, 5) is 27.3. The van der Waals surface area contributed by atoms with Gasteiger partial charge in [0.05, 0.1) is 18.6 Å². The monoisotopic (exact) mass is 393 g/mol. The zero-order valence-electron chi connectivity index (χ0n) is 16.6. The molecular weight excluding hydrogens is 362 g/mol. The van der Waals surface area contributed by atoms with Crippen molar-refractivity contribution in [3.8, 4) is 5.75 Å². The molecule has 1 aromatic carbocycles. The van der Waals surface area contributed by atoms with Gasteiger partial charge >= 0.3 is 5.97 Å². The Morgan fingerprint density at radius 2 is 1.74 bits per heavy atom. The zero-order chi connectivity index (χ0) is 19.6. The molecule has 1 saturated heterocycles. The van der Waals surface area contributed by atoms with Crippen LogP contribution in [0.2, 0.25) is 0 Å². The van der Waals surface area contributed by atoms with Crippen molar-refractivity contribution in [1.29, 1.82) is 0 Å². The minimum Gasteiger partial charge on any atom is -0.494 e. The van der Waals surface area contributed by atoms with E-state index in [9.17, 15) is 9.59 Å². The second-order valence-electron chi connectivity index (χ2n) is 6.67.